The van der Waals surface area contributed by atoms with Crippen molar-refractivity contribution in [3.8, 4) is 5.75 Å². The molecular weight excluding hydrogens is 445 g/mol. The highest BCUT2D eigenvalue weighted by molar-refractivity contribution is 7.86. The third-order valence-electron chi connectivity index (χ3n) is 4.99. The molecule has 0 saturated heterocycles. The minimum Gasteiger partial charge on any atom is -0.490 e. The van der Waals surface area contributed by atoms with E-state index in [0.29, 0.717) is 5.82 Å². The highest BCUT2D eigenvalue weighted by Crippen LogP contribution is 2.34. The largest absolute Gasteiger partial charge is 0.490 e. The third kappa shape index (κ3) is 5.16. The van der Waals surface area contributed by atoms with E-state index in [9.17, 15) is 17.4 Å². The molecule has 1 aliphatic carbocycles. The van der Waals surface area contributed by atoms with Crippen LogP contribution in [0.5, 0.6) is 5.75 Å². The summed E-state index contributed by atoms with van der Waals surface area (Å²) in [5, 5.41) is 1.61. The summed E-state index contributed by atoms with van der Waals surface area (Å²) in [5.41, 5.74) is 3.44. The normalized spacial score (nSPS) is 17.1. The van der Waals surface area contributed by atoms with Crippen LogP contribution in [0.25, 0.3) is 5.57 Å². The van der Waals surface area contributed by atoms with Crippen molar-refractivity contribution in [2.45, 2.75) is 24.2 Å². The highest BCUT2D eigenvalue weighted by Gasteiger charge is 2.22. The predicted molar refractivity (Wildman–Crippen MR) is 116 cm³/mol. The van der Waals surface area contributed by atoms with Gasteiger partial charge in [-0.15, -0.1) is 11.3 Å². The Kier molecular flexibility index (Phi) is 6.72. The second-order valence-electron chi connectivity index (χ2n) is 7.06. The van der Waals surface area contributed by atoms with Crippen LogP contribution in [-0.4, -0.2) is 15.8 Å². The Morgan fingerprint density at radius 2 is 1.97 bits per heavy atom. The number of halogens is 3. The van der Waals surface area contributed by atoms with Crippen LogP contribution in [0.4, 0.5) is 19.0 Å². The van der Waals surface area contributed by atoms with Gasteiger partial charge in [-0.25, -0.2) is 22.4 Å². The average Bonchev–Trinajstić information content (AvgIpc) is 3.28. The molecule has 0 saturated carbocycles. The Morgan fingerprint density at radius 1 is 1.16 bits per heavy atom. The van der Waals surface area contributed by atoms with Crippen LogP contribution < -0.4 is 9.46 Å². The summed E-state index contributed by atoms with van der Waals surface area (Å²) in [7, 11) is -2.00. The number of aromatic nitrogens is 1. The lowest BCUT2D eigenvalue weighted by Gasteiger charge is -2.25. The smallest absolute Gasteiger partial charge is 0.166 e. The molecule has 0 fully saturated rings. The van der Waals surface area contributed by atoms with E-state index < -0.39 is 22.6 Å². The fourth-order valence-corrected chi connectivity index (χ4v) is 4.90. The van der Waals surface area contributed by atoms with Gasteiger partial charge in [-0.1, -0.05) is 18.2 Å². The number of allylic oxidation sites excluding steroid dienone is 1. The summed E-state index contributed by atoms with van der Waals surface area (Å²) >= 11 is 1.29. The second-order valence-corrected chi connectivity index (χ2v) is 8.96. The maximum absolute atomic E-state index is 14.6. The Hall–Kier alpha value is -2.65. The predicted octanol–water partition coefficient (Wildman–Crippen LogP) is 5.96. The Bertz CT molecular complexity index is 1100. The molecular formula is C22H19F3N2O2S2. The van der Waals surface area contributed by atoms with Crippen molar-refractivity contribution in [3.05, 3.63) is 76.4 Å². The van der Waals surface area contributed by atoms with E-state index >= 15 is 0 Å². The first-order chi connectivity index (χ1) is 15.0. The van der Waals surface area contributed by atoms with Crippen molar-refractivity contribution in [3.63, 3.8) is 0 Å². The molecule has 31 heavy (non-hydrogen) atoms. The van der Waals surface area contributed by atoms with Gasteiger partial charge in [0.25, 0.3) is 0 Å². The first-order valence-electron chi connectivity index (χ1n) is 9.65. The number of nitrogens with one attached hydrogen (secondary N) is 1. The van der Waals surface area contributed by atoms with Gasteiger partial charge in [0, 0.05) is 17.4 Å². The lowest BCUT2D eigenvalue weighted by Crippen LogP contribution is -2.17. The number of rotatable bonds is 7. The minimum atomic E-state index is -2.00. The third-order valence-corrected chi connectivity index (χ3v) is 6.69. The number of hydrogen-bond donors (Lipinski definition) is 1. The Morgan fingerprint density at radius 3 is 2.71 bits per heavy atom. The Labute approximate surface area is 184 Å². The van der Waals surface area contributed by atoms with Crippen LogP contribution in [0.2, 0.25) is 0 Å². The first kappa shape index (κ1) is 21.6. The standard InChI is InChI=1S/C22H19F3N2O2S2/c23-16-7-5-14(6-8-16)17-4-2-1-3-15(17)11-29-20-9-19(25)21(10-18(20)24)31(28)27-22-12-30-13-26-22/h4-10,12-13,15,27H,1-3,11H2. The molecule has 1 N–H and O–H groups in total. The number of thiazole rings is 1. The Balaban J connectivity index is 1.47. The lowest BCUT2D eigenvalue weighted by atomic mass is 9.84. The van der Waals surface area contributed by atoms with Gasteiger partial charge in [-0.05, 0) is 48.6 Å². The van der Waals surface area contributed by atoms with Crippen molar-refractivity contribution in [2.24, 2.45) is 5.92 Å². The van der Waals surface area contributed by atoms with Crippen LogP contribution in [0.15, 0.2) is 58.3 Å². The van der Waals surface area contributed by atoms with Gasteiger partial charge in [-0.2, -0.15) is 0 Å². The molecule has 3 aromatic rings. The number of anilines is 1. The quantitative estimate of drug-likeness (QED) is 0.470. The van der Waals surface area contributed by atoms with Crippen LogP contribution >= 0.6 is 11.3 Å². The molecule has 1 heterocycles. The summed E-state index contributed by atoms with van der Waals surface area (Å²) in [6, 6.07) is 8.00. The zero-order valence-electron chi connectivity index (χ0n) is 16.3. The maximum atomic E-state index is 14.6. The van der Waals surface area contributed by atoms with E-state index in [-0.39, 0.29) is 29.0 Å². The van der Waals surface area contributed by atoms with Gasteiger partial charge in [0.2, 0.25) is 0 Å². The zero-order chi connectivity index (χ0) is 21.8. The van der Waals surface area contributed by atoms with Crippen molar-refractivity contribution >= 4 is 33.7 Å². The summed E-state index contributed by atoms with van der Waals surface area (Å²) in [6.45, 7) is 0.152. The molecule has 0 bridgehead atoms. The fourth-order valence-electron chi connectivity index (χ4n) is 3.48. The van der Waals surface area contributed by atoms with Crippen molar-refractivity contribution in [2.75, 3.05) is 11.3 Å². The van der Waals surface area contributed by atoms with Gasteiger partial charge in [0.1, 0.15) is 17.5 Å². The maximum Gasteiger partial charge on any atom is 0.166 e. The molecule has 9 heteroatoms. The first-order valence-corrected chi connectivity index (χ1v) is 11.7. The van der Waals surface area contributed by atoms with Crippen LogP contribution in [0.1, 0.15) is 24.8 Å². The monoisotopic (exact) mass is 464 g/mol. The number of nitrogens with zero attached hydrogens (tertiary/aromatic N) is 1. The molecule has 1 aliphatic rings. The summed E-state index contributed by atoms with van der Waals surface area (Å²) in [5.74, 6) is -1.89. The summed E-state index contributed by atoms with van der Waals surface area (Å²) in [4.78, 5) is 3.60. The molecule has 162 valence electrons. The molecule has 0 spiro atoms. The number of ether oxygens (including phenoxy) is 1. The van der Waals surface area contributed by atoms with Gasteiger partial charge in [0.05, 0.1) is 17.0 Å². The van der Waals surface area contributed by atoms with E-state index in [0.717, 1.165) is 42.5 Å². The van der Waals surface area contributed by atoms with Gasteiger partial charge in [-0.3, -0.25) is 4.72 Å². The molecule has 1 aromatic heterocycles. The van der Waals surface area contributed by atoms with Gasteiger partial charge < -0.3 is 4.74 Å². The molecule has 2 aromatic carbocycles. The molecule has 2 atom stereocenters. The van der Waals surface area contributed by atoms with Gasteiger partial charge >= 0.3 is 0 Å². The number of benzene rings is 2. The fraction of sp³-hybridized carbons (Fsp3) is 0.227. The highest BCUT2D eigenvalue weighted by atomic mass is 32.2. The second kappa shape index (κ2) is 9.65. The van der Waals surface area contributed by atoms with Crippen molar-refractivity contribution in [1.29, 1.82) is 0 Å². The van der Waals surface area contributed by atoms with E-state index in [2.05, 4.69) is 15.8 Å². The molecule has 2 unspecified atom stereocenters. The van der Waals surface area contributed by atoms with Gasteiger partial charge in [0.15, 0.2) is 22.6 Å². The van der Waals surface area contributed by atoms with Crippen LogP contribution in [0, 0.1) is 23.4 Å². The van der Waals surface area contributed by atoms with Crippen LogP contribution in [-0.2, 0) is 11.0 Å². The molecule has 4 nitrogen and oxygen atoms in total. The van der Waals surface area contributed by atoms with E-state index in [1.807, 2.05) is 0 Å². The number of hydrogen-bond acceptors (Lipinski definition) is 4. The molecule has 4 rings (SSSR count). The van der Waals surface area contributed by atoms with E-state index in [1.165, 1.54) is 29.0 Å². The molecule has 0 aliphatic heterocycles. The van der Waals surface area contributed by atoms with E-state index in [4.69, 9.17) is 4.74 Å². The van der Waals surface area contributed by atoms with Crippen molar-refractivity contribution < 1.29 is 22.1 Å². The molecule has 0 radical (unpaired) electrons. The average molecular weight is 465 g/mol. The topological polar surface area (TPSA) is 51.2 Å². The van der Waals surface area contributed by atoms with E-state index in [1.54, 1.807) is 17.5 Å². The minimum absolute atomic E-state index is 0.0261. The summed E-state index contributed by atoms with van der Waals surface area (Å²) < 4.78 is 62.8. The SMILES string of the molecule is O=S(Nc1cscn1)c1cc(F)c(OCC2CCCC=C2c2ccc(F)cc2)cc1F. The summed E-state index contributed by atoms with van der Waals surface area (Å²) in [6.07, 6.45) is 4.76. The molecule has 0 amide bonds. The zero-order valence-corrected chi connectivity index (χ0v) is 17.9. The lowest BCUT2D eigenvalue weighted by molar-refractivity contribution is 0.255. The van der Waals surface area contributed by atoms with Crippen LogP contribution in [0.3, 0.4) is 0 Å². The van der Waals surface area contributed by atoms with Crippen molar-refractivity contribution in [1.82, 2.24) is 4.98 Å².